The lowest BCUT2D eigenvalue weighted by Crippen LogP contribution is -2.12. The van der Waals surface area contributed by atoms with E-state index in [1.54, 1.807) is 0 Å². The van der Waals surface area contributed by atoms with Crippen molar-refractivity contribution in [3.8, 4) is 5.75 Å². The maximum absolute atomic E-state index is 6.26. The second kappa shape index (κ2) is 7.06. The Morgan fingerprint density at radius 2 is 1.80 bits per heavy atom. The first-order valence-electron chi connectivity index (χ1n) is 7.11. The molecule has 0 saturated carbocycles. The molecule has 3 nitrogen and oxygen atoms in total. The van der Waals surface area contributed by atoms with Crippen molar-refractivity contribution in [3.05, 3.63) is 59.4 Å². The first kappa shape index (κ1) is 14.5. The molecular weight excluding hydrogens is 248 g/mol. The number of ether oxygens (including phenoxy) is 1. The molecule has 2 N–H and O–H groups in total. The minimum Gasteiger partial charge on any atom is -0.494 e. The second-order valence-electron chi connectivity index (χ2n) is 4.98. The topological polar surface area (TPSA) is 48.1 Å². The van der Waals surface area contributed by atoms with Gasteiger partial charge in [-0.3, -0.25) is 4.98 Å². The molecule has 3 heteroatoms. The third-order valence-corrected chi connectivity index (χ3v) is 3.30. The van der Waals surface area contributed by atoms with Crippen molar-refractivity contribution in [2.45, 2.75) is 32.7 Å². The van der Waals surface area contributed by atoms with Gasteiger partial charge in [-0.2, -0.15) is 0 Å². The molecule has 1 atom stereocenters. The van der Waals surface area contributed by atoms with E-state index in [4.69, 9.17) is 10.5 Å². The van der Waals surface area contributed by atoms with Gasteiger partial charge in [-0.1, -0.05) is 31.5 Å². The normalized spacial score (nSPS) is 12.2. The Kier molecular flexibility index (Phi) is 5.13. The highest BCUT2D eigenvalue weighted by Crippen LogP contribution is 2.21. The summed E-state index contributed by atoms with van der Waals surface area (Å²) >= 11 is 0. The van der Waals surface area contributed by atoms with Crippen molar-refractivity contribution in [2.24, 2.45) is 5.73 Å². The van der Waals surface area contributed by atoms with Gasteiger partial charge in [0.15, 0.2) is 0 Å². The number of nitrogens with two attached hydrogens (primary N) is 1. The standard InChI is InChI=1S/C17H22N2O/c1-3-4-11-20-16-9-7-14(8-10-16)17(18)15-6-5-13(2)19-12-15/h5-10,12,17H,3-4,11,18H2,1-2H3. The van der Waals surface area contributed by atoms with Crippen LogP contribution in [0.5, 0.6) is 5.75 Å². The third kappa shape index (κ3) is 3.81. The van der Waals surface area contributed by atoms with Crippen molar-refractivity contribution in [2.75, 3.05) is 6.61 Å². The number of hydrogen-bond acceptors (Lipinski definition) is 3. The molecule has 2 aromatic rings. The minimum atomic E-state index is -0.146. The zero-order chi connectivity index (χ0) is 14.4. The van der Waals surface area contributed by atoms with Gasteiger partial charge in [0.2, 0.25) is 0 Å². The summed E-state index contributed by atoms with van der Waals surface area (Å²) in [6, 6.07) is 11.9. The van der Waals surface area contributed by atoms with Crippen LogP contribution < -0.4 is 10.5 Å². The van der Waals surface area contributed by atoms with Gasteiger partial charge >= 0.3 is 0 Å². The lowest BCUT2D eigenvalue weighted by atomic mass is 10.0. The summed E-state index contributed by atoms with van der Waals surface area (Å²) in [5, 5.41) is 0. The second-order valence-corrected chi connectivity index (χ2v) is 4.98. The van der Waals surface area contributed by atoms with Gasteiger partial charge in [0.05, 0.1) is 12.6 Å². The summed E-state index contributed by atoms with van der Waals surface area (Å²) in [6.45, 7) is 4.89. The smallest absolute Gasteiger partial charge is 0.119 e. The first-order valence-corrected chi connectivity index (χ1v) is 7.11. The van der Waals surface area contributed by atoms with Gasteiger partial charge in [0.25, 0.3) is 0 Å². The molecule has 0 saturated heterocycles. The molecule has 0 aliphatic heterocycles. The lowest BCUT2D eigenvalue weighted by Gasteiger charge is -2.13. The van der Waals surface area contributed by atoms with E-state index < -0.39 is 0 Å². The van der Waals surface area contributed by atoms with Crippen LogP contribution >= 0.6 is 0 Å². The van der Waals surface area contributed by atoms with Crippen molar-refractivity contribution in [1.29, 1.82) is 0 Å². The lowest BCUT2D eigenvalue weighted by molar-refractivity contribution is 0.309. The van der Waals surface area contributed by atoms with Crippen LogP contribution in [0.3, 0.4) is 0 Å². The Labute approximate surface area is 120 Å². The van der Waals surface area contributed by atoms with E-state index in [1.807, 2.05) is 49.5 Å². The third-order valence-electron chi connectivity index (χ3n) is 3.30. The number of unbranched alkanes of at least 4 members (excludes halogenated alkanes) is 1. The predicted octanol–water partition coefficient (Wildman–Crippen LogP) is 3.62. The van der Waals surface area contributed by atoms with Gasteiger partial charge in [-0.05, 0) is 42.7 Å². The Morgan fingerprint density at radius 3 is 2.40 bits per heavy atom. The zero-order valence-corrected chi connectivity index (χ0v) is 12.2. The maximum Gasteiger partial charge on any atom is 0.119 e. The van der Waals surface area contributed by atoms with Crippen LogP contribution in [0.15, 0.2) is 42.6 Å². The van der Waals surface area contributed by atoms with Crippen LogP contribution in [-0.2, 0) is 0 Å². The van der Waals surface area contributed by atoms with E-state index in [2.05, 4.69) is 11.9 Å². The molecule has 2 rings (SSSR count). The van der Waals surface area contributed by atoms with E-state index in [0.29, 0.717) is 0 Å². The fraction of sp³-hybridized carbons (Fsp3) is 0.353. The molecule has 1 aromatic carbocycles. The molecule has 1 heterocycles. The van der Waals surface area contributed by atoms with Crippen LogP contribution in [0.2, 0.25) is 0 Å². The van der Waals surface area contributed by atoms with E-state index in [-0.39, 0.29) is 6.04 Å². The van der Waals surface area contributed by atoms with E-state index in [9.17, 15) is 0 Å². The molecule has 20 heavy (non-hydrogen) atoms. The number of rotatable bonds is 6. The number of pyridine rings is 1. The number of hydrogen-bond donors (Lipinski definition) is 1. The Morgan fingerprint density at radius 1 is 1.10 bits per heavy atom. The van der Waals surface area contributed by atoms with E-state index >= 15 is 0 Å². The van der Waals surface area contributed by atoms with Crippen LogP contribution in [0.4, 0.5) is 0 Å². The SMILES string of the molecule is CCCCOc1ccc(C(N)c2ccc(C)nc2)cc1. The van der Waals surface area contributed by atoms with Crippen LogP contribution in [0.1, 0.15) is 42.6 Å². The fourth-order valence-corrected chi connectivity index (χ4v) is 1.96. The molecule has 106 valence electrons. The average Bonchev–Trinajstić information content (AvgIpc) is 2.48. The van der Waals surface area contributed by atoms with Gasteiger partial charge in [-0.25, -0.2) is 0 Å². The predicted molar refractivity (Wildman–Crippen MR) is 81.8 cm³/mol. The summed E-state index contributed by atoms with van der Waals surface area (Å²) in [6.07, 6.45) is 4.06. The fourth-order valence-electron chi connectivity index (χ4n) is 1.96. The molecule has 0 spiro atoms. The monoisotopic (exact) mass is 270 g/mol. The van der Waals surface area contributed by atoms with E-state index in [1.165, 1.54) is 0 Å². The summed E-state index contributed by atoms with van der Waals surface area (Å²) < 4.78 is 5.65. The van der Waals surface area contributed by atoms with Crippen LogP contribution in [-0.4, -0.2) is 11.6 Å². The largest absolute Gasteiger partial charge is 0.494 e. The zero-order valence-electron chi connectivity index (χ0n) is 12.2. The molecule has 0 bridgehead atoms. The van der Waals surface area contributed by atoms with E-state index in [0.717, 1.165) is 42.0 Å². The van der Waals surface area contributed by atoms with Gasteiger partial charge in [0, 0.05) is 11.9 Å². The molecule has 0 aliphatic rings. The van der Waals surface area contributed by atoms with Gasteiger partial charge in [0.1, 0.15) is 5.75 Å². The van der Waals surface area contributed by atoms with Crippen molar-refractivity contribution >= 4 is 0 Å². The summed E-state index contributed by atoms with van der Waals surface area (Å²) in [7, 11) is 0. The molecule has 1 unspecified atom stereocenters. The molecule has 1 aromatic heterocycles. The molecule has 0 fully saturated rings. The highest BCUT2D eigenvalue weighted by atomic mass is 16.5. The quantitative estimate of drug-likeness (QED) is 0.816. The summed E-state index contributed by atoms with van der Waals surface area (Å²) in [5.41, 5.74) is 9.35. The highest BCUT2D eigenvalue weighted by molar-refractivity contribution is 5.34. The van der Waals surface area contributed by atoms with Gasteiger partial charge in [-0.15, -0.1) is 0 Å². The van der Waals surface area contributed by atoms with Crippen LogP contribution in [0.25, 0.3) is 0 Å². The molecule has 0 radical (unpaired) electrons. The molecular formula is C17H22N2O. The summed E-state index contributed by atoms with van der Waals surface area (Å²) in [5.74, 6) is 0.899. The molecule has 0 amide bonds. The number of nitrogens with zero attached hydrogens (tertiary/aromatic N) is 1. The number of benzene rings is 1. The maximum atomic E-state index is 6.26. The van der Waals surface area contributed by atoms with Crippen molar-refractivity contribution in [1.82, 2.24) is 4.98 Å². The first-order chi connectivity index (χ1) is 9.70. The highest BCUT2D eigenvalue weighted by Gasteiger charge is 2.09. The average molecular weight is 270 g/mol. The number of aryl methyl sites for hydroxylation is 1. The van der Waals surface area contributed by atoms with Crippen LogP contribution in [0, 0.1) is 6.92 Å². The van der Waals surface area contributed by atoms with Gasteiger partial charge < -0.3 is 10.5 Å². The molecule has 0 aliphatic carbocycles. The van der Waals surface area contributed by atoms with Crippen molar-refractivity contribution < 1.29 is 4.74 Å². The van der Waals surface area contributed by atoms with Crippen molar-refractivity contribution in [3.63, 3.8) is 0 Å². The Bertz CT molecular complexity index is 520. The Balaban J connectivity index is 2.03. The Hall–Kier alpha value is -1.87. The minimum absolute atomic E-state index is 0.146. The number of aromatic nitrogens is 1. The summed E-state index contributed by atoms with van der Waals surface area (Å²) in [4.78, 5) is 4.29.